The maximum Gasteiger partial charge on any atom is 0.311 e. The van der Waals surface area contributed by atoms with Crippen molar-refractivity contribution in [3.8, 4) is 0 Å². The van der Waals surface area contributed by atoms with Crippen LogP contribution in [0.2, 0.25) is 0 Å². The second-order valence-corrected chi connectivity index (χ2v) is 3.06. The first kappa shape index (κ1) is 9.64. The van der Waals surface area contributed by atoms with Crippen LogP contribution in [0.5, 0.6) is 0 Å². The van der Waals surface area contributed by atoms with Gasteiger partial charge in [-0.25, -0.2) is 4.98 Å². The van der Waals surface area contributed by atoms with E-state index in [1.54, 1.807) is 12.1 Å². The van der Waals surface area contributed by atoms with E-state index in [1.807, 2.05) is 0 Å². The minimum Gasteiger partial charge on any atom is -0.469 e. The number of hydrogen-bond donors (Lipinski definition) is 0. The van der Waals surface area contributed by atoms with Crippen LogP contribution in [0.4, 0.5) is 4.39 Å². The standard InChI is InChI=1S/C10H9FN2O2/c1-15-10(14)5-7-6-13-8(11)3-2-4-9(13)12-7/h2-4,6H,5H2,1H3. The number of fused-ring (bicyclic) bond motifs is 1. The number of hydrogen-bond acceptors (Lipinski definition) is 3. The van der Waals surface area contributed by atoms with Crippen molar-refractivity contribution >= 4 is 11.6 Å². The van der Waals surface area contributed by atoms with Crippen molar-refractivity contribution in [2.75, 3.05) is 7.11 Å². The quantitative estimate of drug-likeness (QED) is 0.550. The maximum absolute atomic E-state index is 13.2. The van der Waals surface area contributed by atoms with Crippen molar-refractivity contribution in [3.63, 3.8) is 0 Å². The molecule has 0 aromatic carbocycles. The zero-order valence-corrected chi connectivity index (χ0v) is 8.11. The van der Waals surface area contributed by atoms with Crippen LogP contribution >= 0.6 is 0 Å². The summed E-state index contributed by atoms with van der Waals surface area (Å²) in [5.41, 5.74) is 0.973. The molecule has 78 valence electrons. The largest absolute Gasteiger partial charge is 0.469 e. The summed E-state index contributed by atoms with van der Waals surface area (Å²) < 4.78 is 19.0. The van der Waals surface area contributed by atoms with Gasteiger partial charge in [0.2, 0.25) is 0 Å². The highest BCUT2D eigenvalue weighted by molar-refractivity contribution is 5.72. The smallest absolute Gasteiger partial charge is 0.311 e. The lowest BCUT2D eigenvalue weighted by Crippen LogP contribution is -2.04. The Labute approximate surface area is 85.3 Å². The molecule has 5 heteroatoms. The first-order chi connectivity index (χ1) is 7.20. The van der Waals surface area contributed by atoms with E-state index in [2.05, 4.69) is 9.72 Å². The van der Waals surface area contributed by atoms with Crippen molar-refractivity contribution in [3.05, 3.63) is 36.0 Å². The lowest BCUT2D eigenvalue weighted by atomic mass is 10.3. The maximum atomic E-state index is 13.2. The normalized spacial score (nSPS) is 10.5. The Morgan fingerprint density at radius 1 is 1.60 bits per heavy atom. The molecule has 0 N–H and O–H groups in total. The summed E-state index contributed by atoms with van der Waals surface area (Å²) in [6.07, 6.45) is 1.54. The van der Waals surface area contributed by atoms with Gasteiger partial charge in [-0.05, 0) is 12.1 Å². The molecule has 0 amide bonds. The van der Waals surface area contributed by atoms with E-state index >= 15 is 0 Å². The van der Waals surface area contributed by atoms with Gasteiger partial charge in [0.1, 0.15) is 5.65 Å². The fraction of sp³-hybridized carbons (Fsp3) is 0.200. The van der Waals surface area contributed by atoms with Gasteiger partial charge in [0, 0.05) is 6.20 Å². The van der Waals surface area contributed by atoms with Crippen LogP contribution in [0.25, 0.3) is 5.65 Å². The Bertz CT molecular complexity index is 507. The predicted molar refractivity (Wildman–Crippen MR) is 50.9 cm³/mol. The third kappa shape index (κ3) is 1.81. The van der Waals surface area contributed by atoms with Crippen molar-refractivity contribution in [1.82, 2.24) is 9.38 Å². The van der Waals surface area contributed by atoms with Crippen molar-refractivity contribution < 1.29 is 13.9 Å². The van der Waals surface area contributed by atoms with Crippen molar-refractivity contribution in [2.24, 2.45) is 0 Å². The van der Waals surface area contributed by atoms with Crippen LogP contribution < -0.4 is 0 Å². The molecule has 0 bridgehead atoms. The second-order valence-electron chi connectivity index (χ2n) is 3.06. The number of nitrogens with zero attached hydrogens (tertiary/aromatic N) is 2. The summed E-state index contributed by atoms with van der Waals surface area (Å²) >= 11 is 0. The number of halogens is 1. The predicted octanol–water partition coefficient (Wildman–Crippen LogP) is 1.19. The summed E-state index contributed by atoms with van der Waals surface area (Å²) in [4.78, 5) is 15.1. The second kappa shape index (κ2) is 3.68. The molecule has 0 fully saturated rings. The number of methoxy groups -OCH3 is 1. The Morgan fingerprint density at radius 2 is 2.40 bits per heavy atom. The van der Waals surface area contributed by atoms with Crippen LogP contribution in [0.15, 0.2) is 24.4 Å². The molecule has 4 nitrogen and oxygen atoms in total. The third-order valence-corrected chi connectivity index (χ3v) is 2.05. The number of rotatable bonds is 2. The SMILES string of the molecule is COC(=O)Cc1cn2c(F)cccc2n1. The Balaban J connectivity index is 2.39. The fourth-order valence-corrected chi connectivity index (χ4v) is 1.33. The summed E-state index contributed by atoms with van der Waals surface area (Å²) in [5, 5.41) is 0. The number of carbonyl (C=O) groups excluding carboxylic acids is 1. The van der Waals surface area contributed by atoms with Gasteiger partial charge < -0.3 is 4.74 Å². The molecule has 2 rings (SSSR count). The molecular formula is C10H9FN2O2. The molecule has 0 radical (unpaired) electrons. The van der Waals surface area contributed by atoms with E-state index < -0.39 is 5.95 Å². The van der Waals surface area contributed by atoms with Crippen LogP contribution in [-0.4, -0.2) is 22.5 Å². The molecule has 15 heavy (non-hydrogen) atoms. The number of aromatic nitrogens is 2. The van der Waals surface area contributed by atoms with Gasteiger partial charge in [-0.3, -0.25) is 9.20 Å². The molecule has 0 spiro atoms. The molecule has 2 aromatic rings. The van der Waals surface area contributed by atoms with Gasteiger partial charge in [-0.1, -0.05) is 6.07 Å². The van der Waals surface area contributed by atoms with Crippen LogP contribution in [0.3, 0.4) is 0 Å². The zero-order valence-electron chi connectivity index (χ0n) is 8.11. The topological polar surface area (TPSA) is 43.6 Å². The van der Waals surface area contributed by atoms with Crippen molar-refractivity contribution in [1.29, 1.82) is 0 Å². The molecular weight excluding hydrogens is 199 g/mol. The van der Waals surface area contributed by atoms with Gasteiger partial charge in [0.05, 0.1) is 19.2 Å². The fourth-order valence-electron chi connectivity index (χ4n) is 1.33. The summed E-state index contributed by atoms with van der Waals surface area (Å²) in [6, 6.07) is 4.57. The Kier molecular flexibility index (Phi) is 2.37. The zero-order chi connectivity index (χ0) is 10.8. The number of carbonyl (C=O) groups is 1. The summed E-state index contributed by atoms with van der Waals surface area (Å²) in [5.74, 6) is -0.796. The van der Waals surface area contributed by atoms with E-state index in [0.717, 1.165) is 0 Å². The minimum absolute atomic E-state index is 0.0532. The Hall–Kier alpha value is -1.91. The summed E-state index contributed by atoms with van der Waals surface area (Å²) in [7, 11) is 1.30. The van der Waals surface area contributed by atoms with Gasteiger partial charge in [0.25, 0.3) is 0 Å². The minimum atomic E-state index is -0.406. The Morgan fingerprint density at radius 3 is 3.07 bits per heavy atom. The number of esters is 1. The van der Waals surface area contributed by atoms with Gasteiger partial charge in [-0.2, -0.15) is 4.39 Å². The highest BCUT2D eigenvalue weighted by Gasteiger charge is 2.08. The molecule has 0 aliphatic heterocycles. The summed E-state index contributed by atoms with van der Waals surface area (Å²) in [6.45, 7) is 0. The van der Waals surface area contributed by atoms with Crippen LogP contribution in [0, 0.1) is 5.95 Å². The third-order valence-electron chi connectivity index (χ3n) is 2.05. The number of pyridine rings is 1. The van der Waals surface area contributed by atoms with E-state index in [4.69, 9.17) is 0 Å². The molecule has 0 aliphatic carbocycles. The monoisotopic (exact) mass is 208 g/mol. The molecule has 0 atom stereocenters. The van der Waals surface area contributed by atoms with E-state index in [-0.39, 0.29) is 12.4 Å². The molecule has 0 saturated carbocycles. The van der Waals surface area contributed by atoms with Gasteiger partial charge in [-0.15, -0.1) is 0 Å². The molecule has 0 unspecified atom stereocenters. The molecule has 2 aromatic heterocycles. The van der Waals surface area contributed by atoms with E-state index in [0.29, 0.717) is 11.3 Å². The molecule has 0 saturated heterocycles. The van der Waals surface area contributed by atoms with Crippen LogP contribution in [-0.2, 0) is 16.0 Å². The molecule has 2 heterocycles. The van der Waals surface area contributed by atoms with Gasteiger partial charge in [0.15, 0.2) is 5.95 Å². The van der Waals surface area contributed by atoms with E-state index in [9.17, 15) is 9.18 Å². The van der Waals surface area contributed by atoms with E-state index in [1.165, 1.54) is 23.8 Å². The van der Waals surface area contributed by atoms with Crippen LogP contribution in [0.1, 0.15) is 5.69 Å². The average molecular weight is 208 g/mol. The highest BCUT2D eigenvalue weighted by atomic mass is 19.1. The lowest BCUT2D eigenvalue weighted by Gasteiger charge is -1.93. The van der Waals surface area contributed by atoms with Gasteiger partial charge >= 0.3 is 5.97 Å². The lowest BCUT2D eigenvalue weighted by molar-refractivity contribution is -0.139. The number of ether oxygens (including phenoxy) is 1. The van der Waals surface area contributed by atoms with Crippen molar-refractivity contribution in [2.45, 2.75) is 6.42 Å². The number of imidazole rings is 1. The molecule has 0 aliphatic rings. The first-order valence-corrected chi connectivity index (χ1v) is 4.40. The highest BCUT2D eigenvalue weighted by Crippen LogP contribution is 2.08. The average Bonchev–Trinajstić information content (AvgIpc) is 2.62. The first-order valence-electron chi connectivity index (χ1n) is 4.40.